The lowest BCUT2D eigenvalue weighted by molar-refractivity contribution is -0.116. The molecule has 3 aromatic carbocycles. The maximum Gasteiger partial charge on any atom is 0.237 e. The van der Waals surface area contributed by atoms with Gasteiger partial charge in [0.15, 0.2) is 11.0 Å². The van der Waals surface area contributed by atoms with Crippen LogP contribution in [0.15, 0.2) is 78.0 Å². The molecule has 2 heterocycles. The standard InChI is InChI=1S/C25H20F2N4OS/c26-19-12-13-22(20(27)15-19)31-24(18-8-2-1-3-9-18)28-29-25(31)33-16-23(32)30-14-6-10-17-7-4-5-11-21(17)30/h1-5,7-9,11-13,15H,6,10,14,16H2. The molecule has 1 aliphatic rings. The first-order chi connectivity index (χ1) is 16.1. The van der Waals surface area contributed by atoms with E-state index in [1.807, 2.05) is 54.6 Å². The summed E-state index contributed by atoms with van der Waals surface area (Å²) >= 11 is 1.18. The van der Waals surface area contributed by atoms with E-state index in [1.54, 1.807) is 4.90 Å². The molecular formula is C25H20F2N4OS. The van der Waals surface area contributed by atoms with Crippen molar-refractivity contribution >= 4 is 23.4 Å². The number of rotatable bonds is 5. The van der Waals surface area contributed by atoms with Gasteiger partial charge in [-0.25, -0.2) is 8.78 Å². The number of hydrogen-bond donors (Lipinski definition) is 0. The van der Waals surface area contributed by atoms with Crippen LogP contribution in [0.5, 0.6) is 0 Å². The maximum absolute atomic E-state index is 14.7. The molecule has 0 spiro atoms. The molecule has 1 aliphatic heterocycles. The molecule has 33 heavy (non-hydrogen) atoms. The van der Waals surface area contributed by atoms with Gasteiger partial charge in [0, 0.05) is 23.9 Å². The van der Waals surface area contributed by atoms with Gasteiger partial charge in [-0.3, -0.25) is 9.36 Å². The highest BCUT2D eigenvalue weighted by Crippen LogP contribution is 2.31. The van der Waals surface area contributed by atoms with E-state index in [-0.39, 0.29) is 17.3 Å². The summed E-state index contributed by atoms with van der Waals surface area (Å²) in [6.45, 7) is 0.658. The van der Waals surface area contributed by atoms with Crippen LogP contribution in [0.3, 0.4) is 0 Å². The molecule has 4 aromatic rings. The van der Waals surface area contributed by atoms with Gasteiger partial charge in [0.2, 0.25) is 5.91 Å². The fraction of sp³-hybridized carbons (Fsp3) is 0.160. The first-order valence-electron chi connectivity index (χ1n) is 10.6. The quantitative estimate of drug-likeness (QED) is 0.379. The van der Waals surface area contributed by atoms with Crippen LogP contribution in [0.2, 0.25) is 0 Å². The van der Waals surface area contributed by atoms with Gasteiger partial charge in [-0.15, -0.1) is 10.2 Å². The van der Waals surface area contributed by atoms with Gasteiger partial charge < -0.3 is 4.90 Å². The number of carbonyl (C=O) groups excluding carboxylic acids is 1. The van der Waals surface area contributed by atoms with Crippen LogP contribution in [-0.4, -0.2) is 33.0 Å². The summed E-state index contributed by atoms with van der Waals surface area (Å²) in [5, 5.41) is 8.86. The Morgan fingerprint density at radius 1 is 0.939 bits per heavy atom. The van der Waals surface area contributed by atoms with Crippen molar-refractivity contribution in [1.29, 1.82) is 0 Å². The van der Waals surface area contributed by atoms with Crippen LogP contribution in [0.1, 0.15) is 12.0 Å². The molecule has 0 radical (unpaired) electrons. The van der Waals surface area contributed by atoms with Gasteiger partial charge in [0.25, 0.3) is 0 Å². The molecule has 0 fully saturated rings. The normalized spacial score (nSPS) is 13.1. The molecule has 0 aliphatic carbocycles. The fourth-order valence-corrected chi connectivity index (χ4v) is 4.84. The summed E-state index contributed by atoms with van der Waals surface area (Å²) in [7, 11) is 0. The van der Waals surface area contributed by atoms with Crippen molar-refractivity contribution in [3.8, 4) is 17.1 Å². The summed E-state index contributed by atoms with van der Waals surface area (Å²) in [6.07, 6.45) is 1.86. The minimum atomic E-state index is -0.731. The number of nitrogens with zero attached hydrogens (tertiary/aromatic N) is 4. The maximum atomic E-state index is 14.7. The smallest absolute Gasteiger partial charge is 0.237 e. The van der Waals surface area contributed by atoms with E-state index in [2.05, 4.69) is 10.2 Å². The number of hydrogen-bond acceptors (Lipinski definition) is 4. The SMILES string of the molecule is O=C(CSc1nnc(-c2ccccc2)n1-c1ccc(F)cc1F)N1CCCc2ccccc21. The predicted molar refractivity (Wildman–Crippen MR) is 125 cm³/mol. The molecule has 5 rings (SSSR count). The van der Waals surface area contributed by atoms with Gasteiger partial charge in [0.05, 0.1) is 11.4 Å². The van der Waals surface area contributed by atoms with E-state index in [4.69, 9.17) is 0 Å². The summed E-state index contributed by atoms with van der Waals surface area (Å²) < 4.78 is 29.8. The van der Waals surface area contributed by atoms with E-state index in [9.17, 15) is 13.6 Å². The number of fused-ring (bicyclic) bond motifs is 1. The monoisotopic (exact) mass is 462 g/mol. The summed E-state index contributed by atoms with van der Waals surface area (Å²) in [5.41, 5.74) is 2.95. The number of thioether (sulfide) groups is 1. The largest absolute Gasteiger partial charge is 0.311 e. The number of carbonyl (C=O) groups is 1. The zero-order chi connectivity index (χ0) is 22.8. The zero-order valence-corrected chi connectivity index (χ0v) is 18.4. The average Bonchev–Trinajstić information content (AvgIpc) is 3.26. The third-order valence-corrected chi connectivity index (χ3v) is 6.47. The average molecular weight is 463 g/mol. The van der Waals surface area contributed by atoms with Gasteiger partial charge in [-0.1, -0.05) is 60.3 Å². The first-order valence-corrected chi connectivity index (χ1v) is 11.6. The molecule has 0 atom stereocenters. The second-order valence-corrected chi connectivity index (χ2v) is 8.61. The van der Waals surface area contributed by atoms with Crippen LogP contribution < -0.4 is 4.90 Å². The van der Waals surface area contributed by atoms with Crippen LogP contribution in [-0.2, 0) is 11.2 Å². The van der Waals surface area contributed by atoms with Crippen LogP contribution in [0.25, 0.3) is 17.1 Å². The molecule has 0 N–H and O–H groups in total. The molecule has 1 amide bonds. The van der Waals surface area contributed by atoms with Crippen molar-refractivity contribution < 1.29 is 13.6 Å². The number of anilines is 1. The first kappa shape index (κ1) is 21.3. The summed E-state index contributed by atoms with van der Waals surface area (Å²) in [4.78, 5) is 14.9. The minimum absolute atomic E-state index is 0.0532. The summed E-state index contributed by atoms with van der Waals surface area (Å²) in [5.74, 6) is -0.921. The Kier molecular flexibility index (Phi) is 5.92. The van der Waals surface area contributed by atoms with Gasteiger partial charge in [-0.2, -0.15) is 0 Å². The number of aromatic nitrogens is 3. The lowest BCUT2D eigenvalue weighted by Gasteiger charge is -2.29. The zero-order valence-electron chi connectivity index (χ0n) is 17.6. The highest BCUT2D eigenvalue weighted by molar-refractivity contribution is 7.99. The molecule has 0 saturated carbocycles. The van der Waals surface area contributed by atoms with Crippen molar-refractivity contribution in [2.75, 3.05) is 17.2 Å². The fourth-order valence-electron chi connectivity index (χ4n) is 4.01. The van der Waals surface area contributed by atoms with Crippen molar-refractivity contribution in [2.24, 2.45) is 0 Å². The lowest BCUT2D eigenvalue weighted by atomic mass is 10.0. The highest BCUT2D eigenvalue weighted by Gasteiger charge is 2.24. The molecule has 0 saturated heterocycles. The Morgan fingerprint density at radius 2 is 1.73 bits per heavy atom. The molecular weight excluding hydrogens is 442 g/mol. The number of benzene rings is 3. The third kappa shape index (κ3) is 4.26. The topological polar surface area (TPSA) is 51.0 Å². The molecule has 5 nitrogen and oxygen atoms in total. The molecule has 0 bridgehead atoms. The number of para-hydroxylation sites is 1. The Bertz CT molecular complexity index is 1310. The van der Waals surface area contributed by atoms with Gasteiger partial charge in [-0.05, 0) is 36.6 Å². The Labute approximate surface area is 194 Å². The van der Waals surface area contributed by atoms with Crippen LogP contribution in [0.4, 0.5) is 14.5 Å². The third-order valence-electron chi connectivity index (χ3n) is 5.55. The van der Waals surface area contributed by atoms with Crippen molar-refractivity contribution in [1.82, 2.24) is 14.8 Å². The number of amides is 1. The summed E-state index contributed by atoms with van der Waals surface area (Å²) in [6, 6.07) is 20.5. The Balaban J connectivity index is 1.47. The number of aryl methyl sites for hydroxylation is 1. The van der Waals surface area contributed by atoms with Crippen LogP contribution in [0, 0.1) is 11.6 Å². The van der Waals surface area contributed by atoms with Crippen molar-refractivity contribution in [2.45, 2.75) is 18.0 Å². The van der Waals surface area contributed by atoms with E-state index in [0.29, 0.717) is 17.5 Å². The minimum Gasteiger partial charge on any atom is -0.311 e. The molecule has 0 unspecified atom stereocenters. The molecule has 8 heteroatoms. The van der Waals surface area contributed by atoms with Gasteiger partial charge in [0.1, 0.15) is 11.6 Å². The van der Waals surface area contributed by atoms with E-state index in [0.717, 1.165) is 35.7 Å². The Morgan fingerprint density at radius 3 is 2.55 bits per heavy atom. The lowest BCUT2D eigenvalue weighted by Crippen LogP contribution is -2.36. The predicted octanol–water partition coefficient (Wildman–Crippen LogP) is 5.28. The van der Waals surface area contributed by atoms with Gasteiger partial charge >= 0.3 is 0 Å². The molecule has 1 aromatic heterocycles. The van der Waals surface area contributed by atoms with E-state index < -0.39 is 11.6 Å². The van der Waals surface area contributed by atoms with Crippen LogP contribution >= 0.6 is 11.8 Å². The molecule has 166 valence electrons. The Hall–Kier alpha value is -3.52. The second kappa shape index (κ2) is 9.15. The highest BCUT2D eigenvalue weighted by atomic mass is 32.2. The van der Waals surface area contributed by atoms with Crippen molar-refractivity contribution in [3.63, 3.8) is 0 Å². The van der Waals surface area contributed by atoms with E-state index >= 15 is 0 Å². The second-order valence-electron chi connectivity index (χ2n) is 7.67. The number of halogens is 2. The van der Waals surface area contributed by atoms with Crippen molar-refractivity contribution in [3.05, 3.63) is 90.0 Å². The van der Waals surface area contributed by atoms with E-state index in [1.165, 1.54) is 28.5 Å².